The summed E-state index contributed by atoms with van der Waals surface area (Å²) in [7, 11) is 1.34. The second-order valence-corrected chi connectivity index (χ2v) is 7.94. The maximum Gasteiger partial charge on any atom is 0.332 e. The molecule has 0 aromatic carbocycles. The lowest BCUT2D eigenvalue weighted by atomic mass is 10.2. The number of nitrogens with two attached hydrogens (primary N) is 1. The minimum atomic E-state index is -0.696. The van der Waals surface area contributed by atoms with E-state index in [1.807, 2.05) is 24.4 Å². The van der Waals surface area contributed by atoms with Crippen molar-refractivity contribution in [3.63, 3.8) is 0 Å². The highest BCUT2D eigenvalue weighted by molar-refractivity contribution is 7.99. The molecule has 0 radical (unpaired) electrons. The molecule has 0 bridgehead atoms. The predicted molar refractivity (Wildman–Crippen MR) is 107 cm³/mol. The van der Waals surface area contributed by atoms with Crippen LogP contribution in [-0.2, 0) is 20.1 Å². The third-order valence-corrected chi connectivity index (χ3v) is 5.84. The van der Waals surface area contributed by atoms with Crippen LogP contribution in [0.5, 0.6) is 0 Å². The molecular formula is C16H19N7O3S2. The van der Waals surface area contributed by atoms with Crippen molar-refractivity contribution in [2.24, 2.45) is 7.05 Å². The van der Waals surface area contributed by atoms with Crippen molar-refractivity contribution in [3.8, 4) is 0 Å². The van der Waals surface area contributed by atoms with Crippen molar-refractivity contribution < 1.29 is 4.79 Å². The van der Waals surface area contributed by atoms with E-state index < -0.39 is 17.0 Å². The highest BCUT2D eigenvalue weighted by atomic mass is 32.2. The first kappa shape index (κ1) is 20.0. The Kier molecular flexibility index (Phi) is 6.09. The van der Waals surface area contributed by atoms with Gasteiger partial charge in [0.2, 0.25) is 5.16 Å². The molecule has 0 atom stereocenters. The number of carbonyl (C=O) groups excluding carboxylic acids is 1. The minimum Gasteiger partial charge on any atom is -0.384 e. The highest BCUT2D eigenvalue weighted by Gasteiger charge is 2.22. The molecule has 0 aliphatic rings. The maximum absolute atomic E-state index is 12.7. The van der Waals surface area contributed by atoms with Crippen LogP contribution >= 0.6 is 23.1 Å². The molecule has 0 unspecified atom stereocenters. The second kappa shape index (κ2) is 8.52. The molecular weight excluding hydrogens is 402 g/mol. The zero-order chi connectivity index (χ0) is 20.3. The normalized spacial score (nSPS) is 11.1. The van der Waals surface area contributed by atoms with Crippen molar-refractivity contribution in [3.05, 3.63) is 48.8 Å². The summed E-state index contributed by atoms with van der Waals surface area (Å²) in [6, 6.07) is 3.90. The fourth-order valence-electron chi connectivity index (χ4n) is 2.64. The number of rotatable bonds is 8. The van der Waals surface area contributed by atoms with Gasteiger partial charge in [0, 0.05) is 18.5 Å². The van der Waals surface area contributed by atoms with E-state index in [-0.39, 0.29) is 17.1 Å². The molecule has 148 valence electrons. The summed E-state index contributed by atoms with van der Waals surface area (Å²) < 4.78 is 3.74. The smallest absolute Gasteiger partial charge is 0.332 e. The molecule has 3 aromatic heterocycles. The van der Waals surface area contributed by atoms with Crippen LogP contribution in [0.15, 0.2) is 32.3 Å². The molecule has 2 N–H and O–H groups in total. The number of Topliss-reactive ketones (excluding diaryl/α,β-unsaturated/α-hetero) is 1. The van der Waals surface area contributed by atoms with Crippen molar-refractivity contribution in [1.82, 2.24) is 29.3 Å². The van der Waals surface area contributed by atoms with Crippen LogP contribution in [0.2, 0.25) is 0 Å². The molecule has 0 aliphatic carbocycles. The molecule has 12 heteroatoms. The minimum absolute atomic E-state index is 0.0748. The molecule has 0 fully saturated rings. The molecule has 0 aliphatic heterocycles. The number of nitrogens with zero attached hydrogens (tertiary/aromatic N) is 6. The van der Waals surface area contributed by atoms with Crippen LogP contribution in [0.25, 0.3) is 0 Å². The van der Waals surface area contributed by atoms with Gasteiger partial charge in [-0.05, 0) is 28.3 Å². The third-order valence-electron chi connectivity index (χ3n) is 4.03. The Morgan fingerprint density at radius 2 is 2.14 bits per heavy atom. The zero-order valence-electron chi connectivity index (χ0n) is 15.4. The van der Waals surface area contributed by atoms with E-state index in [9.17, 15) is 14.4 Å². The molecule has 3 heterocycles. The van der Waals surface area contributed by atoms with E-state index in [1.54, 1.807) is 16.0 Å². The molecule has 3 rings (SSSR count). The number of carbonyl (C=O) groups is 1. The van der Waals surface area contributed by atoms with Gasteiger partial charge in [-0.2, -0.15) is 0 Å². The standard InChI is InChI=1S/C16H19N7O3S2/c1-3-6-22-13(17)12(14(25)21(2)16(22)26)11(24)9-28-15-18-19-20-23(15)8-10-5-4-7-27-10/h4-5,7H,3,6,8-9,17H2,1-2H3. The van der Waals surface area contributed by atoms with E-state index in [2.05, 4.69) is 15.5 Å². The Bertz CT molecular complexity index is 1100. The van der Waals surface area contributed by atoms with Gasteiger partial charge in [0.1, 0.15) is 11.4 Å². The monoisotopic (exact) mass is 421 g/mol. The lowest BCUT2D eigenvalue weighted by molar-refractivity contribution is 0.102. The summed E-state index contributed by atoms with van der Waals surface area (Å²) in [5.74, 6) is -0.647. The number of hydrogen-bond acceptors (Lipinski definition) is 9. The first-order chi connectivity index (χ1) is 13.4. The highest BCUT2D eigenvalue weighted by Crippen LogP contribution is 2.19. The Labute approximate surface area is 168 Å². The van der Waals surface area contributed by atoms with Gasteiger partial charge in [-0.3, -0.25) is 18.7 Å². The maximum atomic E-state index is 12.7. The van der Waals surface area contributed by atoms with Crippen LogP contribution in [0.1, 0.15) is 28.6 Å². The Morgan fingerprint density at radius 3 is 2.82 bits per heavy atom. The Hall–Kier alpha value is -2.73. The SMILES string of the molecule is CCCn1c(N)c(C(=O)CSc2nnnn2Cc2cccs2)c(=O)n(C)c1=O. The zero-order valence-corrected chi connectivity index (χ0v) is 17.0. The van der Waals surface area contributed by atoms with E-state index in [4.69, 9.17) is 5.73 Å². The van der Waals surface area contributed by atoms with Crippen LogP contribution in [0, 0.1) is 0 Å². The molecule has 10 nitrogen and oxygen atoms in total. The Morgan fingerprint density at radius 1 is 1.36 bits per heavy atom. The molecule has 0 amide bonds. The van der Waals surface area contributed by atoms with Crippen LogP contribution in [0.3, 0.4) is 0 Å². The molecule has 0 spiro atoms. The first-order valence-electron chi connectivity index (χ1n) is 8.47. The van der Waals surface area contributed by atoms with Crippen LogP contribution in [0.4, 0.5) is 5.82 Å². The fourth-order valence-corrected chi connectivity index (χ4v) is 4.07. The van der Waals surface area contributed by atoms with Gasteiger partial charge in [-0.15, -0.1) is 16.4 Å². The van der Waals surface area contributed by atoms with Crippen LogP contribution < -0.4 is 17.0 Å². The number of thiophene rings is 1. The second-order valence-electron chi connectivity index (χ2n) is 5.97. The van der Waals surface area contributed by atoms with Gasteiger partial charge in [0.15, 0.2) is 5.78 Å². The lowest BCUT2D eigenvalue weighted by Crippen LogP contribution is -2.42. The van der Waals surface area contributed by atoms with Crippen molar-refractivity contribution in [2.75, 3.05) is 11.5 Å². The van der Waals surface area contributed by atoms with Crippen LogP contribution in [-0.4, -0.2) is 40.9 Å². The van der Waals surface area contributed by atoms with Gasteiger partial charge >= 0.3 is 5.69 Å². The number of nitrogen functional groups attached to an aromatic ring is 1. The van der Waals surface area contributed by atoms with Crippen molar-refractivity contribution >= 4 is 34.7 Å². The number of thioether (sulfide) groups is 1. The molecule has 0 saturated heterocycles. The third kappa shape index (κ3) is 3.92. The largest absolute Gasteiger partial charge is 0.384 e. The first-order valence-corrected chi connectivity index (χ1v) is 10.3. The van der Waals surface area contributed by atoms with E-state index in [1.165, 1.54) is 11.6 Å². The predicted octanol–water partition coefficient (Wildman–Crippen LogP) is 0.610. The number of hydrogen-bond donors (Lipinski definition) is 1. The summed E-state index contributed by atoms with van der Waals surface area (Å²) in [4.78, 5) is 38.5. The number of ketones is 1. The summed E-state index contributed by atoms with van der Waals surface area (Å²) >= 11 is 2.69. The molecule has 0 saturated carbocycles. The van der Waals surface area contributed by atoms with Crippen molar-refractivity contribution in [2.45, 2.75) is 31.6 Å². The molecule has 28 heavy (non-hydrogen) atoms. The summed E-state index contributed by atoms with van der Waals surface area (Å²) in [5, 5.41) is 13.9. The quantitative estimate of drug-likeness (QED) is 0.413. The average Bonchev–Trinajstić information content (AvgIpc) is 3.34. The van der Waals surface area contributed by atoms with Gasteiger partial charge in [-0.25, -0.2) is 9.48 Å². The molecule has 3 aromatic rings. The van der Waals surface area contributed by atoms with Gasteiger partial charge in [0.25, 0.3) is 5.56 Å². The number of aromatic nitrogens is 6. The number of anilines is 1. The summed E-state index contributed by atoms with van der Waals surface area (Å²) in [6.45, 7) is 2.69. The van der Waals surface area contributed by atoms with Gasteiger partial charge < -0.3 is 5.73 Å². The van der Waals surface area contributed by atoms with Crippen molar-refractivity contribution in [1.29, 1.82) is 0 Å². The van der Waals surface area contributed by atoms with Gasteiger partial charge in [0.05, 0.1) is 12.3 Å². The summed E-state index contributed by atoms with van der Waals surface area (Å²) in [5.41, 5.74) is 4.58. The Balaban J connectivity index is 1.82. The van der Waals surface area contributed by atoms with E-state index in [0.29, 0.717) is 24.7 Å². The number of tetrazole rings is 1. The lowest BCUT2D eigenvalue weighted by Gasteiger charge is -2.13. The average molecular weight is 422 g/mol. The van der Waals surface area contributed by atoms with Gasteiger partial charge in [-0.1, -0.05) is 24.8 Å². The topological polar surface area (TPSA) is 131 Å². The fraction of sp³-hybridized carbons (Fsp3) is 0.375. The van der Waals surface area contributed by atoms with E-state index in [0.717, 1.165) is 21.2 Å². The summed E-state index contributed by atoms with van der Waals surface area (Å²) in [6.07, 6.45) is 0.641. The van der Waals surface area contributed by atoms with E-state index >= 15 is 0 Å².